The largest absolute Gasteiger partial charge is 0.395 e. The second-order valence-electron chi connectivity index (χ2n) is 8.37. The van der Waals surface area contributed by atoms with Crippen LogP contribution in [0.3, 0.4) is 0 Å². The van der Waals surface area contributed by atoms with E-state index in [0.717, 1.165) is 0 Å². The van der Waals surface area contributed by atoms with Gasteiger partial charge in [0.1, 0.15) is 17.5 Å². The molecule has 2 aromatic rings. The van der Waals surface area contributed by atoms with Crippen LogP contribution in [0.4, 0.5) is 4.39 Å². The van der Waals surface area contributed by atoms with E-state index in [9.17, 15) is 14.0 Å². The highest BCUT2D eigenvalue weighted by molar-refractivity contribution is 6.30. The molecule has 1 aromatic carbocycles. The molecule has 168 valence electrons. The number of hydrogen-bond donors (Lipinski definition) is 3. The predicted molar refractivity (Wildman–Crippen MR) is 113 cm³/mol. The van der Waals surface area contributed by atoms with Crippen molar-refractivity contribution in [3.05, 3.63) is 46.0 Å². The summed E-state index contributed by atoms with van der Waals surface area (Å²) >= 11 is 6.04. The topological polar surface area (TPSA) is 105 Å². The molecule has 10 heteroatoms. The molecule has 1 atom stereocenters. The smallest absolute Gasteiger partial charge is 0.272 e. The van der Waals surface area contributed by atoms with E-state index in [-0.39, 0.29) is 31.1 Å². The van der Waals surface area contributed by atoms with Crippen LogP contribution in [0.5, 0.6) is 0 Å². The van der Waals surface area contributed by atoms with Gasteiger partial charge in [0.2, 0.25) is 5.91 Å². The summed E-state index contributed by atoms with van der Waals surface area (Å²) in [5.74, 6) is -1.51. The van der Waals surface area contributed by atoms with Crippen LogP contribution in [0.1, 0.15) is 42.5 Å². The van der Waals surface area contributed by atoms with Gasteiger partial charge in [-0.25, -0.2) is 9.07 Å². The summed E-state index contributed by atoms with van der Waals surface area (Å²) in [5, 5.41) is 19.0. The lowest BCUT2D eigenvalue weighted by Crippen LogP contribution is -2.54. The van der Waals surface area contributed by atoms with E-state index >= 15 is 0 Å². The number of nitrogens with one attached hydrogen (secondary N) is 2. The van der Waals surface area contributed by atoms with Crippen molar-refractivity contribution in [3.8, 4) is 5.69 Å². The van der Waals surface area contributed by atoms with E-state index in [1.54, 1.807) is 0 Å². The maximum atomic E-state index is 14.5. The summed E-state index contributed by atoms with van der Waals surface area (Å²) in [7, 11) is 0. The Balaban J connectivity index is 1.98. The van der Waals surface area contributed by atoms with Gasteiger partial charge in [-0.15, -0.1) is 0 Å². The van der Waals surface area contributed by atoms with Crippen molar-refractivity contribution in [2.75, 3.05) is 19.8 Å². The Bertz CT molecular complexity index is 986. The van der Waals surface area contributed by atoms with Gasteiger partial charge in [0.15, 0.2) is 5.69 Å². The number of carbonyl (C=O) groups is 2. The molecule has 0 saturated heterocycles. The average Bonchev–Trinajstić information content (AvgIpc) is 3.10. The molecule has 3 N–H and O–H groups in total. The van der Waals surface area contributed by atoms with Gasteiger partial charge in [0.05, 0.1) is 25.5 Å². The lowest BCUT2D eigenvalue weighted by atomic mass is 9.86. The third-order valence-electron chi connectivity index (χ3n) is 4.99. The third kappa shape index (κ3) is 5.06. The number of aliphatic hydroxyl groups excluding tert-OH is 1. The first-order valence-electron chi connectivity index (χ1n) is 9.97. The van der Waals surface area contributed by atoms with Gasteiger partial charge in [-0.3, -0.25) is 9.59 Å². The normalized spacial score (nSPS) is 14.6. The minimum absolute atomic E-state index is 0.0679. The summed E-state index contributed by atoms with van der Waals surface area (Å²) in [6.45, 7) is 5.87. The lowest BCUT2D eigenvalue weighted by Gasteiger charge is -2.30. The van der Waals surface area contributed by atoms with Crippen molar-refractivity contribution in [1.29, 1.82) is 0 Å². The minimum Gasteiger partial charge on any atom is -0.395 e. The number of aliphatic hydroxyl groups is 1. The Morgan fingerprint density at radius 1 is 1.39 bits per heavy atom. The zero-order valence-corrected chi connectivity index (χ0v) is 18.4. The highest BCUT2D eigenvalue weighted by Crippen LogP contribution is 2.27. The molecule has 1 aliphatic rings. The van der Waals surface area contributed by atoms with Crippen LogP contribution in [0, 0.1) is 11.2 Å². The number of benzene rings is 1. The monoisotopic (exact) mass is 452 g/mol. The molecule has 0 spiro atoms. The van der Waals surface area contributed by atoms with Crippen molar-refractivity contribution in [1.82, 2.24) is 20.4 Å². The van der Waals surface area contributed by atoms with E-state index in [0.29, 0.717) is 29.3 Å². The number of nitrogens with zero attached hydrogens (tertiary/aromatic N) is 2. The van der Waals surface area contributed by atoms with Gasteiger partial charge in [0, 0.05) is 23.6 Å². The minimum atomic E-state index is -0.875. The van der Waals surface area contributed by atoms with E-state index in [1.807, 2.05) is 20.8 Å². The Morgan fingerprint density at radius 2 is 2.13 bits per heavy atom. The first kappa shape index (κ1) is 23.2. The number of amides is 2. The number of halogens is 2. The van der Waals surface area contributed by atoms with E-state index < -0.39 is 29.1 Å². The fourth-order valence-corrected chi connectivity index (χ4v) is 3.59. The molecule has 0 fully saturated rings. The van der Waals surface area contributed by atoms with Gasteiger partial charge in [-0.1, -0.05) is 32.4 Å². The maximum absolute atomic E-state index is 14.5. The van der Waals surface area contributed by atoms with Crippen LogP contribution in [-0.2, 0) is 22.6 Å². The summed E-state index contributed by atoms with van der Waals surface area (Å²) in [6.07, 6.45) is 0.446. The fraction of sp³-hybridized carbons (Fsp3) is 0.476. The molecule has 3 rings (SSSR count). The molecular formula is C21H26ClFN4O4. The highest BCUT2D eigenvalue weighted by atomic mass is 35.5. The number of aromatic nitrogens is 2. The molecular weight excluding hydrogens is 427 g/mol. The van der Waals surface area contributed by atoms with Crippen molar-refractivity contribution in [3.63, 3.8) is 0 Å². The second kappa shape index (κ2) is 9.33. The molecule has 2 amide bonds. The van der Waals surface area contributed by atoms with Gasteiger partial charge < -0.3 is 20.5 Å². The highest BCUT2D eigenvalue weighted by Gasteiger charge is 2.35. The van der Waals surface area contributed by atoms with Gasteiger partial charge >= 0.3 is 0 Å². The van der Waals surface area contributed by atoms with Crippen LogP contribution in [0.25, 0.3) is 5.69 Å². The van der Waals surface area contributed by atoms with Crippen molar-refractivity contribution >= 4 is 23.4 Å². The Kier molecular flexibility index (Phi) is 6.98. The molecule has 2 heterocycles. The van der Waals surface area contributed by atoms with Crippen molar-refractivity contribution < 1.29 is 23.8 Å². The van der Waals surface area contributed by atoms with Gasteiger partial charge in [-0.05, 0) is 23.6 Å². The zero-order valence-electron chi connectivity index (χ0n) is 17.7. The fourth-order valence-electron chi connectivity index (χ4n) is 3.42. The molecule has 1 aliphatic heterocycles. The number of ether oxygens (including phenoxy) is 1. The van der Waals surface area contributed by atoms with Crippen LogP contribution in [0.2, 0.25) is 5.02 Å². The third-order valence-corrected chi connectivity index (χ3v) is 5.22. The molecule has 1 aromatic heterocycles. The molecule has 0 unspecified atom stereocenters. The molecule has 0 aliphatic carbocycles. The summed E-state index contributed by atoms with van der Waals surface area (Å²) in [4.78, 5) is 25.7. The van der Waals surface area contributed by atoms with E-state index in [4.69, 9.17) is 21.4 Å². The quantitative estimate of drug-likeness (QED) is 0.621. The first-order chi connectivity index (χ1) is 14.6. The van der Waals surface area contributed by atoms with Crippen LogP contribution < -0.4 is 10.6 Å². The van der Waals surface area contributed by atoms with E-state index in [1.165, 1.54) is 22.9 Å². The summed E-state index contributed by atoms with van der Waals surface area (Å²) in [6, 6.07) is 3.25. The molecule has 0 saturated carbocycles. The zero-order chi connectivity index (χ0) is 22.8. The van der Waals surface area contributed by atoms with Gasteiger partial charge in [-0.2, -0.15) is 5.10 Å². The Hall–Kier alpha value is -2.49. The maximum Gasteiger partial charge on any atom is 0.272 e. The van der Waals surface area contributed by atoms with Crippen LogP contribution >= 0.6 is 11.6 Å². The summed E-state index contributed by atoms with van der Waals surface area (Å²) in [5.41, 5.74) is 0.810. The molecule has 0 bridgehead atoms. The van der Waals surface area contributed by atoms with Gasteiger partial charge in [0.25, 0.3) is 5.91 Å². The standard InChI is InChI=1S/C21H26ClFN4O4/c1-21(2,3)18(20(30)24-7-8-28)25-19(29)17-13-11-31-9-6-15(13)27(26-17)16-10-12(22)4-5-14(16)23/h4-5,10,18,28H,6-9,11H2,1-3H3,(H,24,30)(H,25,29)/t18-/m1/s1. The summed E-state index contributed by atoms with van der Waals surface area (Å²) < 4.78 is 21.4. The molecule has 31 heavy (non-hydrogen) atoms. The predicted octanol–water partition coefficient (Wildman–Crippen LogP) is 1.99. The lowest BCUT2D eigenvalue weighted by molar-refractivity contribution is -0.125. The number of hydrogen-bond acceptors (Lipinski definition) is 5. The second-order valence-corrected chi connectivity index (χ2v) is 8.81. The Morgan fingerprint density at radius 3 is 2.81 bits per heavy atom. The SMILES string of the molecule is CC(C)(C)[C@H](NC(=O)c1nn(-c2cc(Cl)ccc2F)c2c1COCC2)C(=O)NCCO. The number of fused-ring (bicyclic) bond motifs is 1. The average molecular weight is 453 g/mol. The first-order valence-corrected chi connectivity index (χ1v) is 10.3. The van der Waals surface area contributed by atoms with E-state index in [2.05, 4.69) is 15.7 Å². The van der Waals surface area contributed by atoms with Crippen LogP contribution in [0.15, 0.2) is 18.2 Å². The van der Waals surface area contributed by atoms with Crippen molar-refractivity contribution in [2.24, 2.45) is 5.41 Å². The Labute approximate surface area is 184 Å². The van der Waals surface area contributed by atoms with Crippen molar-refractivity contribution in [2.45, 2.75) is 39.8 Å². The molecule has 8 nitrogen and oxygen atoms in total. The number of carbonyl (C=O) groups excluding carboxylic acids is 2. The van der Waals surface area contributed by atoms with Crippen LogP contribution in [-0.4, -0.2) is 52.5 Å². The number of rotatable bonds is 6. The molecule has 0 radical (unpaired) electrons.